The van der Waals surface area contributed by atoms with Crippen molar-refractivity contribution in [2.45, 2.75) is 13.3 Å². The average Bonchev–Trinajstić information content (AvgIpc) is 2.13. The van der Waals surface area contributed by atoms with E-state index in [-0.39, 0.29) is 0 Å². The fourth-order valence-electron chi connectivity index (χ4n) is 0.859. The van der Waals surface area contributed by atoms with Gasteiger partial charge in [0.25, 0.3) is 0 Å². The van der Waals surface area contributed by atoms with Gasteiger partial charge in [0, 0.05) is 29.5 Å². The molecule has 0 aromatic carbocycles. The van der Waals surface area contributed by atoms with Crippen LogP contribution in [0.25, 0.3) is 0 Å². The highest BCUT2D eigenvalue weighted by atomic mass is 32.1. The molecule has 68 valence electrons. The zero-order chi connectivity index (χ0) is 9.68. The standard InChI is InChI=1S/C10H10FNS/c1-8-9(4-2-3-7-13)5-6-12-10(8)11/h5-6,13H,3,7H2,1H3. The zero-order valence-corrected chi connectivity index (χ0v) is 8.24. The van der Waals surface area contributed by atoms with E-state index < -0.39 is 5.95 Å². The van der Waals surface area contributed by atoms with Gasteiger partial charge in [0.05, 0.1) is 0 Å². The Hall–Kier alpha value is -1.01. The SMILES string of the molecule is Cc1c(C#CCCS)ccnc1F. The predicted molar refractivity (Wildman–Crippen MR) is 54.3 cm³/mol. The predicted octanol–water partition coefficient (Wildman–Crippen LogP) is 2.20. The Kier molecular flexibility index (Phi) is 3.78. The molecule has 0 radical (unpaired) electrons. The molecule has 0 atom stereocenters. The number of thiol groups is 1. The third-order valence-corrected chi connectivity index (χ3v) is 1.83. The Morgan fingerprint density at radius 2 is 2.38 bits per heavy atom. The summed E-state index contributed by atoms with van der Waals surface area (Å²) in [6.45, 7) is 1.67. The van der Waals surface area contributed by atoms with Crippen molar-refractivity contribution in [3.05, 3.63) is 29.3 Å². The monoisotopic (exact) mass is 195 g/mol. The van der Waals surface area contributed by atoms with Gasteiger partial charge in [-0.25, -0.2) is 4.98 Å². The third kappa shape index (κ3) is 2.74. The van der Waals surface area contributed by atoms with Gasteiger partial charge in [0.2, 0.25) is 5.95 Å². The van der Waals surface area contributed by atoms with Gasteiger partial charge < -0.3 is 0 Å². The maximum Gasteiger partial charge on any atom is 0.216 e. The smallest absolute Gasteiger partial charge is 0.216 e. The first-order valence-electron chi connectivity index (χ1n) is 3.96. The number of aromatic nitrogens is 1. The minimum Gasteiger partial charge on any atom is -0.228 e. The Bertz CT molecular complexity index is 352. The Balaban J connectivity index is 2.91. The maximum atomic E-state index is 12.9. The first-order valence-corrected chi connectivity index (χ1v) is 4.60. The fourth-order valence-corrected chi connectivity index (χ4v) is 0.971. The lowest BCUT2D eigenvalue weighted by atomic mass is 10.1. The van der Waals surface area contributed by atoms with E-state index in [1.807, 2.05) is 0 Å². The highest BCUT2D eigenvalue weighted by molar-refractivity contribution is 7.80. The van der Waals surface area contributed by atoms with Crippen molar-refractivity contribution in [1.29, 1.82) is 0 Å². The largest absolute Gasteiger partial charge is 0.228 e. The molecule has 0 spiro atoms. The van der Waals surface area contributed by atoms with E-state index in [4.69, 9.17) is 0 Å². The Morgan fingerprint density at radius 1 is 1.62 bits per heavy atom. The molecule has 1 aromatic heterocycles. The molecule has 1 heterocycles. The molecule has 1 aromatic rings. The average molecular weight is 195 g/mol. The van der Waals surface area contributed by atoms with Crippen LogP contribution in [0.5, 0.6) is 0 Å². The van der Waals surface area contributed by atoms with Crippen molar-refractivity contribution in [2.75, 3.05) is 5.75 Å². The molecule has 0 bridgehead atoms. The maximum absolute atomic E-state index is 12.9. The van der Waals surface area contributed by atoms with E-state index in [1.54, 1.807) is 13.0 Å². The van der Waals surface area contributed by atoms with Crippen LogP contribution < -0.4 is 0 Å². The summed E-state index contributed by atoms with van der Waals surface area (Å²) in [5.41, 5.74) is 1.21. The zero-order valence-electron chi connectivity index (χ0n) is 7.34. The summed E-state index contributed by atoms with van der Waals surface area (Å²) in [5.74, 6) is 6.05. The molecular weight excluding hydrogens is 185 g/mol. The van der Waals surface area contributed by atoms with Crippen molar-refractivity contribution in [2.24, 2.45) is 0 Å². The molecule has 1 rings (SSSR count). The minimum atomic E-state index is -0.447. The van der Waals surface area contributed by atoms with Crippen molar-refractivity contribution in [3.8, 4) is 11.8 Å². The molecule has 0 saturated heterocycles. The van der Waals surface area contributed by atoms with Crippen LogP contribution in [0.15, 0.2) is 12.3 Å². The molecule has 13 heavy (non-hydrogen) atoms. The van der Waals surface area contributed by atoms with Crippen LogP contribution in [0.2, 0.25) is 0 Å². The quantitative estimate of drug-likeness (QED) is 0.412. The van der Waals surface area contributed by atoms with Gasteiger partial charge in [-0.1, -0.05) is 11.8 Å². The highest BCUT2D eigenvalue weighted by Crippen LogP contribution is 2.07. The van der Waals surface area contributed by atoms with Crippen LogP contribution in [0.1, 0.15) is 17.5 Å². The van der Waals surface area contributed by atoms with E-state index in [0.29, 0.717) is 17.5 Å². The number of rotatable bonds is 1. The molecule has 0 amide bonds. The van der Waals surface area contributed by atoms with Gasteiger partial charge >= 0.3 is 0 Å². The van der Waals surface area contributed by atoms with E-state index in [2.05, 4.69) is 29.5 Å². The molecule has 3 heteroatoms. The molecular formula is C10H10FNS. The number of pyridine rings is 1. The third-order valence-electron chi connectivity index (χ3n) is 1.60. The van der Waals surface area contributed by atoms with Crippen LogP contribution in [0.3, 0.4) is 0 Å². The molecule has 0 N–H and O–H groups in total. The van der Waals surface area contributed by atoms with Crippen LogP contribution in [-0.2, 0) is 0 Å². The van der Waals surface area contributed by atoms with Gasteiger partial charge in [0.1, 0.15) is 0 Å². The summed E-state index contributed by atoms with van der Waals surface area (Å²) >= 11 is 4.02. The number of halogens is 1. The number of hydrogen-bond acceptors (Lipinski definition) is 2. The lowest BCUT2D eigenvalue weighted by molar-refractivity contribution is 0.574. The summed E-state index contributed by atoms with van der Waals surface area (Å²) in [5, 5.41) is 0. The summed E-state index contributed by atoms with van der Waals surface area (Å²) < 4.78 is 12.9. The second-order valence-corrected chi connectivity index (χ2v) is 3.00. The fraction of sp³-hybridized carbons (Fsp3) is 0.300. The van der Waals surface area contributed by atoms with Crippen molar-refractivity contribution < 1.29 is 4.39 Å². The van der Waals surface area contributed by atoms with Crippen LogP contribution in [0, 0.1) is 24.7 Å². The lowest BCUT2D eigenvalue weighted by Gasteiger charge is -1.96. The van der Waals surface area contributed by atoms with Crippen LogP contribution in [-0.4, -0.2) is 10.7 Å². The molecule has 0 unspecified atom stereocenters. The number of nitrogens with zero attached hydrogens (tertiary/aromatic N) is 1. The number of hydrogen-bond donors (Lipinski definition) is 1. The van der Waals surface area contributed by atoms with E-state index >= 15 is 0 Å². The Labute approximate surface area is 82.8 Å². The van der Waals surface area contributed by atoms with Crippen LogP contribution in [0.4, 0.5) is 4.39 Å². The van der Waals surface area contributed by atoms with Gasteiger partial charge in [-0.3, -0.25) is 0 Å². The van der Waals surface area contributed by atoms with Crippen molar-refractivity contribution >= 4 is 12.6 Å². The first kappa shape index (κ1) is 10.1. The van der Waals surface area contributed by atoms with E-state index in [0.717, 1.165) is 5.75 Å². The summed E-state index contributed by atoms with van der Waals surface area (Å²) in [6.07, 6.45) is 2.14. The molecule has 1 nitrogen and oxygen atoms in total. The topological polar surface area (TPSA) is 12.9 Å². The summed E-state index contributed by atoms with van der Waals surface area (Å²) in [7, 11) is 0. The second kappa shape index (κ2) is 4.88. The molecule has 0 fully saturated rings. The molecule has 0 aliphatic rings. The van der Waals surface area contributed by atoms with Crippen molar-refractivity contribution in [1.82, 2.24) is 4.98 Å². The van der Waals surface area contributed by atoms with Gasteiger partial charge in [-0.2, -0.15) is 17.0 Å². The van der Waals surface area contributed by atoms with Gasteiger partial charge in [0.15, 0.2) is 0 Å². The minimum absolute atomic E-state index is 0.447. The first-order chi connectivity index (χ1) is 6.25. The Morgan fingerprint density at radius 3 is 3.08 bits per heavy atom. The summed E-state index contributed by atoms with van der Waals surface area (Å²) in [6, 6.07) is 1.71. The second-order valence-electron chi connectivity index (χ2n) is 2.55. The van der Waals surface area contributed by atoms with Crippen molar-refractivity contribution in [3.63, 3.8) is 0 Å². The van der Waals surface area contributed by atoms with E-state index in [1.165, 1.54) is 6.20 Å². The van der Waals surface area contributed by atoms with E-state index in [9.17, 15) is 4.39 Å². The van der Waals surface area contributed by atoms with Crippen LogP contribution >= 0.6 is 12.6 Å². The van der Waals surface area contributed by atoms with Gasteiger partial charge in [-0.15, -0.1) is 0 Å². The summed E-state index contributed by atoms with van der Waals surface area (Å²) in [4.78, 5) is 3.52. The molecule has 0 saturated carbocycles. The lowest BCUT2D eigenvalue weighted by Crippen LogP contribution is -1.91. The molecule has 0 aliphatic carbocycles. The normalized spacial score (nSPS) is 9.15. The molecule has 0 aliphatic heterocycles. The van der Waals surface area contributed by atoms with Gasteiger partial charge in [-0.05, 0) is 13.0 Å². The highest BCUT2D eigenvalue weighted by Gasteiger charge is 2.00.